The number of nitrogen functional groups attached to an aromatic ring is 1. The van der Waals surface area contributed by atoms with Crippen molar-refractivity contribution < 1.29 is 9.13 Å². The number of nitrogens with two attached hydrogens (primary N) is 1. The van der Waals surface area contributed by atoms with Crippen LogP contribution in [0.25, 0.3) is 0 Å². The largest absolute Gasteiger partial charge is 0.396 e. The number of pyridine rings is 1. The molecule has 6 nitrogen and oxygen atoms in total. The van der Waals surface area contributed by atoms with Crippen molar-refractivity contribution in [3.05, 3.63) is 57.4 Å². The number of nitro groups is 1. The van der Waals surface area contributed by atoms with Gasteiger partial charge < -0.3 is 5.73 Å². The number of halogens is 1. The molecule has 8 heteroatoms. The van der Waals surface area contributed by atoms with Gasteiger partial charge in [-0.25, -0.2) is 0 Å². The Bertz CT molecular complexity index is 693. The van der Waals surface area contributed by atoms with E-state index in [1.807, 2.05) is 0 Å². The third kappa shape index (κ3) is 2.94. The summed E-state index contributed by atoms with van der Waals surface area (Å²) in [5.74, 6) is -0.0792. The highest BCUT2D eigenvalue weighted by Crippen LogP contribution is 2.29. The standard InChI is InChI=1S/C12H10ClN3O3S/c13-9-2-1-3-11(16(17)18)8(9)7-20(19)12-4-5-15-6-10(12)14/h1-6H,7,14H2. The molecular weight excluding hydrogens is 302 g/mol. The number of nitro benzene ring substituents is 1. The molecule has 20 heavy (non-hydrogen) atoms. The van der Waals surface area contributed by atoms with Gasteiger partial charge in [0.1, 0.15) is 0 Å². The van der Waals surface area contributed by atoms with Crippen molar-refractivity contribution in [3.63, 3.8) is 0 Å². The monoisotopic (exact) mass is 311 g/mol. The van der Waals surface area contributed by atoms with Gasteiger partial charge in [0.25, 0.3) is 5.69 Å². The van der Waals surface area contributed by atoms with Gasteiger partial charge in [-0.2, -0.15) is 0 Å². The van der Waals surface area contributed by atoms with Gasteiger partial charge in [0.15, 0.2) is 0 Å². The minimum Gasteiger partial charge on any atom is -0.396 e. The normalized spacial score (nSPS) is 12.1. The molecule has 1 heterocycles. The maximum Gasteiger partial charge on any atom is 0.275 e. The Morgan fingerprint density at radius 2 is 2.15 bits per heavy atom. The van der Waals surface area contributed by atoms with Crippen molar-refractivity contribution >= 4 is 33.8 Å². The predicted octanol–water partition coefficient (Wildman–Crippen LogP) is 2.53. The predicted molar refractivity (Wildman–Crippen MR) is 76.9 cm³/mol. The second kappa shape index (κ2) is 5.98. The van der Waals surface area contributed by atoms with E-state index in [9.17, 15) is 14.3 Å². The van der Waals surface area contributed by atoms with Crippen LogP contribution >= 0.6 is 11.6 Å². The molecule has 2 N–H and O–H groups in total. The van der Waals surface area contributed by atoms with E-state index >= 15 is 0 Å². The van der Waals surface area contributed by atoms with E-state index < -0.39 is 15.7 Å². The molecule has 1 aromatic heterocycles. The summed E-state index contributed by atoms with van der Waals surface area (Å²) in [7, 11) is -1.54. The molecule has 2 aromatic rings. The average molecular weight is 312 g/mol. The second-order valence-corrected chi connectivity index (χ2v) is 5.72. The summed E-state index contributed by atoms with van der Waals surface area (Å²) < 4.78 is 12.3. The van der Waals surface area contributed by atoms with Crippen LogP contribution in [0, 0.1) is 10.1 Å². The van der Waals surface area contributed by atoms with E-state index in [0.29, 0.717) is 4.90 Å². The first-order chi connectivity index (χ1) is 9.50. The first kappa shape index (κ1) is 14.4. The van der Waals surface area contributed by atoms with Crippen LogP contribution in [0.4, 0.5) is 11.4 Å². The third-order valence-electron chi connectivity index (χ3n) is 2.62. The van der Waals surface area contributed by atoms with Gasteiger partial charge in [-0.15, -0.1) is 0 Å². The highest BCUT2D eigenvalue weighted by atomic mass is 35.5. The smallest absolute Gasteiger partial charge is 0.275 e. The van der Waals surface area contributed by atoms with Gasteiger partial charge in [0, 0.05) is 12.3 Å². The van der Waals surface area contributed by atoms with Crippen molar-refractivity contribution in [3.8, 4) is 0 Å². The van der Waals surface area contributed by atoms with Crippen LogP contribution in [-0.2, 0) is 16.6 Å². The highest BCUT2D eigenvalue weighted by Gasteiger charge is 2.20. The lowest BCUT2D eigenvalue weighted by Gasteiger charge is -2.07. The Balaban J connectivity index is 2.38. The quantitative estimate of drug-likeness (QED) is 0.691. The minimum absolute atomic E-state index is 0.0792. The van der Waals surface area contributed by atoms with Crippen molar-refractivity contribution in [2.24, 2.45) is 0 Å². The fourth-order valence-electron chi connectivity index (χ4n) is 1.67. The van der Waals surface area contributed by atoms with Crippen LogP contribution in [-0.4, -0.2) is 14.1 Å². The molecule has 0 saturated carbocycles. The third-order valence-corrected chi connectivity index (χ3v) is 4.39. The van der Waals surface area contributed by atoms with Crippen LogP contribution in [0.15, 0.2) is 41.6 Å². The van der Waals surface area contributed by atoms with Gasteiger partial charge >= 0.3 is 0 Å². The van der Waals surface area contributed by atoms with E-state index in [1.54, 1.807) is 0 Å². The van der Waals surface area contributed by atoms with Crippen LogP contribution < -0.4 is 5.73 Å². The van der Waals surface area contributed by atoms with Gasteiger partial charge in [-0.3, -0.25) is 19.3 Å². The van der Waals surface area contributed by atoms with Crippen molar-refractivity contribution in [2.45, 2.75) is 10.6 Å². The first-order valence-electron chi connectivity index (χ1n) is 5.50. The van der Waals surface area contributed by atoms with Crippen molar-refractivity contribution in [1.29, 1.82) is 0 Å². The Labute approximate surface area is 122 Å². The van der Waals surface area contributed by atoms with E-state index in [4.69, 9.17) is 17.3 Å². The summed E-state index contributed by atoms with van der Waals surface area (Å²) in [5.41, 5.74) is 6.04. The summed E-state index contributed by atoms with van der Waals surface area (Å²) >= 11 is 5.96. The zero-order valence-corrected chi connectivity index (χ0v) is 11.7. The molecule has 0 amide bonds. The lowest BCUT2D eigenvalue weighted by molar-refractivity contribution is -0.385. The SMILES string of the molecule is Nc1cnccc1S(=O)Cc1c(Cl)cccc1[N+](=O)[O-]. The maximum absolute atomic E-state index is 12.3. The number of benzene rings is 1. The van der Waals surface area contributed by atoms with E-state index in [0.717, 1.165) is 0 Å². The van der Waals surface area contributed by atoms with E-state index in [1.165, 1.54) is 36.7 Å². The molecule has 0 saturated heterocycles. The summed E-state index contributed by atoms with van der Waals surface area (Å²) in [4.78, 5) is 14.6. The molecule has 1 atom stereocenters. The van der Waals surface area contributed by atoms with E-state index in [2.05, 4.69) is 4.98 Å². The molecule has 0 spiro atoms. The number of hydrogen-bond donors (Lipinski definition) is 1. The fraction of sp³-hybridized carbons (Fsp3) is 0.0833. The minimum atomic E-state index is -1.54. The molecule has 1 aromatic carbocycles. The molecule has 1 unspecified atom stereocenters. The van der Waals surface area contributed by atoms with E-state index in [-0.39, 0.29) is 27.7 Å². The number of anilines is 1. The summed E-state index contributed by atoms with van der Waals surface area (Å²) in [6.45, 7) is 0. The number of rotatable bonds is 4. The molecule has 0 fully saturated rings. The molecule has 104 valence electrons. The summed E-state index contributed by atoms with van der Waals surface area (Å²) in [6, 6.07) is 5.85. The van der Waals surface area contributed by atoms with Crippen LogP contribution in [0.1, 0.15) is 5.56 Å². The Morgan fingerprint density at radius 3 is 2.80 bits per heavy atom. The van der Waals surface area contributed by atoms with Crippen molar-refractivity contribution in [2.75, 3.05) is 5.73 Å². The molecular formula is C12H10ClN3O3S. The molecule has 2 rings (SSSR count). The number of hydrogen-bond acceptors (Lipinski definition) is 5. The van der Waals surface area contributed by atoms with Gasteiger partial charge in [0.2, 0.25) is 0 Å². The second-order valence-electron chi connectivity index (χ2n) is 3.90. The number of aromatic nitrogens is 1. The van der Waals surface area contributed by atoms with Gasteiger partial charge in [-0.1, -0.05) is 17.7 Å². The fourth-order valence-corrected chi connectivity index (χ4v) is 3.24. The van der Waals surface area contributed by atoms with Crippen molar-refractivity contribution in [1.82, 2.24) is 4.98 Å². The molecule has 0 aliphatic heterocycles. The van der Waals surface area contributed by atoms with Gasteiger partial charge in [-0.05, 0) is 12.1 Å². The van der Waals surface area contributed by atoms with Crippen LogP contribution in [0.5, 0.6) is 0 Å². The molecule has 0 aliphatic rings. The number of nitrogens with zero attached hydrogens (tertiary/aromatic N) is 2. The first-order valence-corrected chi connectivity index (χ1v) is 7.20. The van der Waals surface area contributed by atoms with Gasteiger partial charge in [0.05, 0.1) is 48.8 Å². The maximum atomic E-state index is 12.3. The zero-order chi connectivity index (χ0) is 14.7. The molecule has 0 aliphatic carbocycles. The summed E-state index contributed by atoms with van der Waals surface area (Å²) in [5, 5.41) is 11.2. The lowest BCUT2D eigenvalue weighted by atomic mass is 10.2. The Hall–Kier alpha value is -1.99. The Morgan fingerprint density at radius 1 is 1.40 bits per heavy atom. The lowest BCUT2D eigenvalue weighted by Crippen LogP contribution is -2.04. The summed E-state index contributed by atoms with van der Waals surface area (Å²) in [6.07, 6.45) is 2.85. The molecule has 0 bridgehead atoms. The Kier molecular flexibility index (Phi) is 4.31. The zero-order valence-electron chi connectivity index (χ0n) is 10.2. The highest BCUT2D eigenvalue weighted by molar-refractivity contribution is 7.84. The topological polar surface area (TPSA) is 99.1 Å². The molecule has 0 radical (unpaired) electrons. The average Bonchev–Trinajstić information content (AvgIpc) is 2.41. The van der Waals surface area contributed by atoms with Crippen LogP contribution in [0.2, 0.25) is 5.02 Å². The van der Waals surface area contributed by atoms with Crippen LogP contribution in [0.3, 0.4) is 0 Å².